The number of halogens is 3. The van der Waals surface area contributed by atoms with Gasteiger partial charge in [0, 0.05) is 12.4 Å². The van der Waals surface area contributed by atoms with Gasteiger partial charge in [0.25, 0.3) is 0 Å². The van der Waals surface area contributed by atoms with Crippen LogP contribution in [-0.2, 0) is 0 Å². The van der Waals surface area contributed by atoms with Crippen molar-refractivity contribution in [3.8, 4) is 0 Å². The van der Waals surface area contributed by atoms with Crippen molar-refractivity contribution in [1.29, 1.82) is 0 Å². The first-order valence-corrected chi connectivity index (χ1v) is 4.51. The number of aromatic nitrogens is 2. The first-order valence-electron chi connectivity index (χ1n) is 4.51. The maximum absolute atomic E-state index is 12.4. The van der Waals surface area contributed by atoms with Crippen LogP contribution in [0.4, 0.5) is 13.2 Å². The highest BCUT2D eigenvalue weighted by molar-refractivity contribution is 5.74. The molecule has 1 aromatic carbocycles. The van der Waals surface area contributed by atoms with Gasteiger partial charge in [-0.25, -0.2) is 0 Å². The van der Waals surface area contributed by atoms with Gasteiger partial charge in [0.1, 0.15) is 6.04 Å². The van der Waals surface area contributed by atoms with E-state index >= 15 is 0 Å². The van der Waals surface area contributed by atoms with Gasteiger partial charge in [0.05, 0.1) is 11.0 Å². The molecular weight excluding hydrogens is 219 g/mol. The maximum atomic E-state index is 12.4. The van der Waals surface area contributed by atoms with Crippen molar-refractivity contribution in [3.05, 3.63) is 36.2 Å². The van der Waals surface area contributed by atoms with E-state index in [1.165, 1.54) is 30.6 Å². The fourth-order valence-corrected chi connectivity index (χ4v) is 1.36. The number of nitrogens with zero attached hydrogens (tertiary/aromatic N) is 2. The Labute approximate surface area is 89.1 Å². The summed E-state index contributed by atoms with van der Waals surface area (Å²) in [5, 5.41) is 0. The molecular formula is C10H8F3N3. The summed E-state index contributed by atoms with van der Waals surface area (Å²) in [6.45, 7) is 0. The minimum atomic E-state index is -4.45. The van der Waals surface area contributed by atoms with E-state index in [1.807, 2.05) is 0 Å². The second-order valence-corrected chi connectivity index (χ2v) is 3.32. The van der Waals surface area contributed by atoms with Crippen LogP contribution in [0.3, 0.4) is 0 Å². The predicted molar refractivity (Wildman–Crippen MR) is 52.5 cm³/mol. The van der Waals surface area contributed by atoms with E-state index in [4.69, 9.17) is 5.73 Å². The van der Waals surface area contributed by atoms with Gasteiger partial charge in [-0.1, -0.05) is 6.07 Å². The minimum absolute atomic E-state index is 0.0134. The predicted octanol–water partition coefficient (Wildman–Crippen LogP) is 2.19. The van der Waals surface area contributed by atoms with E-state index in [1.54, 1.807) is 0 Å². The zero-order valence-corrected chi connectivity index (χ0v) is 8.07. The molecule has 0 bridgehead atoms. The average Bonchev–Trinajstić information content (AvgIpc) is 2.26. The molecule has 1 heterocycles. The second kappa shape index (κ2) is 3.71. The summed E-state index contributed by atoms with van der Waals surface area (Å²) in [7, 11) is 0. The highest BCUT2D eigenvalue weighted by atomic mass is 19.4. The summed E-state index contributed by atoms with van der Waals surface area (Å²) < 4.78 is 37.1. The molecule has 0 fully saturated rings. The second-order valence-electron chi connectivity index (χ2n) is 3.32. The number of alkyl halides is 3. The van der Waals surface area contributed by atoms with Gasteiger partial charge < -0.3 is 5.73 Å². The van der Waals surface area contributed by atoms with Gasteiger partial charge in [0.15, 0.2) is 0 Å². The van der Waals surface area contributed by atoms with Crippen molar-refractivity contribution in [2.75, 3.05) is 0 Å². The molecule has 0 saturated heterocycles. The van der Waals surface area contributed by atoms with Crippen molar-refractivity contribution >= 4 is 11.0 Å². The molecule has 0 aliphatic carbocycles. The van der Waals surface area contributed by atoms with E-state index in [2.05, 4.69) is 9.97 Å². The van der Waals surface area contributed by atoms with Crippen molar-refractivity contribution in [1.82, 2.24) is 9.97 Å². The van der Waals surface area contributed by atoms with E-state index < -0.39 is 12.2 Å². The molecule has 0 spiro atoms. The largest absolute Gasteiger partial charge is 0.407 e. The lowest BCUT2D eigenvalue weighted by Crippen LogP contribution is -2.28. The van der Waals surface area contributed by atoms with Crippen LogP contribution in [0.2, 0.25) is 0 Å². The zero-order valence-electron chi connectivity index (χ0n) is 8.07. The highest BCUT2D eigenvalue weighted by Gasteiger charge is 2.37. The Hall–Kier alpha value is -1.69. The van der Waals surface area contributed by atoms with Crippen LogP contribution in [0.25, 0.3) is 11.0 Å². The molecule has 0 amide bonds. The van der Waals surface area contributed by atoms with Gasteiger partial charge in [-0.05, 0) is 17.7 Å². The van der Waals surface area contributed by atoms with Gasteiger partial charge in [-0.3, -0.25) is 9.97 Å². The Morgan fingerprint density at radius 1 is 1.06 bits per heavy atom. The molecule has 1 aromatic heterocycles. The summed E-state index contributed by atoms with van der Waals surface area (Å²) in [4.78, 5) is 7.88. The summed E-state index contributed by atoms with van der Waals surface area (Å²) in [6.07, 6.45) is -1.55. The van der Waals surface area contributed by atoms with Crippen LogP contribution in [0.15, 0.2) is 30.6 Å². The first-order chi connectivity index (χ1) is 7.48. The molecule has 2 aromatic rings. The quantitative estimate of drug-likeness (QED) is 0.812. The van der Waals surface area contributed by atoms with E-state index in [0.29, 0.717) is 11.0 Å². The summed E-state index contributed by atoms with van der Waals surface area (Å²) in [5.41, 5.74) is 6.02. The standard InChI is InChI=1S/C10H8F3N3/c11-10(12,13)9(14)6-1-2-7-8(5-6)16-4-3-15-7/h1-5,9H,14H2/t9-/m1/s1. The highest BCUT2D eigenvalue weighted by Crippen LogP contribution is 2.31. The fraction of sp³-hybridized carbons (Fsp3) is 0.200. The minimum Gasteiger partial charge on any atom is -0.316 e. The number of benzene rings is 1. The Morgan fingerprint density at radius 2 is 1.69 bits per heavy atom. The Bertz CT molecular complexity index is 510. The van der Waals surface area contributed by atoms with Gasteiger partial charge >= 0.3 is 6.18 Å². The lowest BCUT2D eigenvalue weighted by molar-refractivity contribution is -0.149. The van der Waals surface area contributed by atoms with Crippen LogP contribution < -0.4 is 5.73 Å². The van der Waals surface area contributed by atoms with Gasteiger partial charge in [-0.2, -0.15) is 13.2 Å². The van der Waals surface area contributed by atoms with Crippen LogP contribution in [0.5, 0.6) is 0 Å². The molecule has 2 rings (SSSR count). The molecule has 0 aliphatic rings. The number of nitrogens with two attached hydrogens (primary N) is 1. The molecule has 0 saturated carbocycles. The molecule has 1 atom stereocenters. The molecule has 16 heavy (non-hydrogen) atoms. The SMILES string of the molecule is N[C@H](c1ccc2nccnc2c1)C(F)(F)F. The topological polar surface area (TPSA) is 51.8 Å². The van der Waals surface area contributed by atoms with Crippen LogP contribution in [-0.4, -0.2) is 16.1 Å². The van der Waals surface area contributed by atoms with Gasteiger partial charge in [-0.15, -0.1) is 0 Å². The van der Waals surface area contributed by atoms with E-state index in [9.17, 15) is 13.2 Å². The van der Waals surface area contributed by atoms with Crippen LogP contribution in [0, 0.1) is 0 Å². The first kappa shape index (κ1) is 10.8. The fourth-order valence-electron chi connectivity index (χ4n) is 1.36. The molecule has 84 valence electrons. The number of hydrogen-bond acceptors (Lipinski definition) is 3. The summed E-state index contributed by atoms with van der Waals surface area (Å²) >= 11 is 0. The molecule has 2 N–H and O–H groups in total. The molecule has 6 heteroatoms. The monoisotopic (exact) mass is 227 g/mol. The van der Waals surface area contributed by atoms with Crippen LogP contribution >= 0.6 is 0 Å². The number of fused-ring (bicyclic) bond motifs is 1. The third kappa shape index (κ3) is 1.96. The third-order valence-electron chi connectivity index (χ3n) is 2.21. The third-order valence-corrected chi connectivity index (χ3v) is 2.21. The van der Waals surface area contributed by atoms with Crippen molar-refractivity contribution < 1.29 is 13.2 Å². The number of hydrogen-bond donors (Lipinski definition) is 1. The lowest BCUT2D eigenvalue weighted by Gasteiger charge is -2.15. The van der Waals surface area contributed by atoms with Crippen molar-refractivity contribution in [2.45, 2.75) is 12.2 Å². The smallest absolute Gasteiger partial charge is 0.316 e. The summed E-state index contributed by atoms with van der Waals surface area (Å²) in [5.74, 6) is 0. The van der Waals surface area contributed by atoms with Crippen LogP contribution in [0.1, 0.15) is 11.6 Å². The van der Waals surface area contributed by atoms with E-state index in [-0.39, 0.29) is 5.56 Å². The Kier molecular flexibility index (Phi) is 2.51. The molecule has 0 radical (unpaired) electrons. The molecule has 0 aliphatic heterocycles. The van der Waals surface area contributed by atoms with Gasteiger partial charge in [0.2, 0.25) is 0 Å². The molecule has 3 nitrogen and oxygen atoms in total. The zero-order chi connectivity index (χ0) is 11.8. The lowest BCUT2D eigenvalue weighted by atomic mass is 10.1. The van der Waals surface area contributed by atoms with Crippen molar-refractivity contribution in [3.63, 3.8) is 0 Å². The van der Waals surface area contributed by atoms with E-state index in [0.717, 1.165) is 0 Å². The normalized spacial score (nSPS) is 14.0. The van der Waals surface area contributed by atoms with Crippen molar-refractivity contribution in [2.24, 2.45) is 5.73 Å². The molecule has 0 unspecified atom stereocenters. The Balaban J connectivity index is 2.47. The Morgan fingerprint density at radius 3 is 2.31 bits per heavy atom. The average molecular weight is 227 g/mol. The maximum Gasteiger partial charge on any atom is 0.407 e. The summed E-state index contributed by atoms with van der Waals surface area (Å²) in [6, 6.07) is 2.11. The number of rotatable bonds is 1.